The van der Waals surface area contributed by atoms with Crippen molar-refractivity contribution >= 4 is 16.9 Å². The zero-order chi connectivity index (χ0) is 20.8. The number of rotatable bonds is 4. The third-order valence-corrected chi connectivity index (χ3v) is 6.97. The van der Waals surface area contributed by atoms with E-state index in [1.54, 1.807) is 0 Å². The van der Waals surface area contributed by atoms with Gasteiger partial charge in [-0.3, -0.25) is 9.69 Å². The second kappa shape index (κ2) is 7.77. The lowest BCUT2D eigenvalue weighted by molar-refractivity contribution is -0.140. The van der Waals surface area contributed by atoms with Crippen molar-refractivity contribution < 1.29 is 9.53 Å². The zero-order valence-electron chi connectivity index (χ0n) is 17.7. The maximum Gasteiger partial charge on any atom is 0.242 e. The van der Waals surface area contributed by atoms with Crippen LogP contribution < -0.4 is 0 Å². The molecule has 3 heterocycles. The van der Waals surface area contributed by atoms with Crippen molar-refractivity contribution in [2.24, 2.45) is 0 Å². The number of piperazine rings is 1. The average molecular weight is 417 g/mol. The number of hydrogen-bond donors (Lipinski definition) is 0. The first-order chi connectivity index (χ1) is 15.3. The van der Waals surface area contributed by atoms with Gasteiger partial charge in [0.05, 0.1) is 36.3 Å². The summed E-state index contributed by atoms with van der Waals surface area (Å²) in [5.41, 5.74) is 3.36. The number of carbonyl (C=O) groups is 1. The summed E-state index contributed by atoms with van der Waals surface area (Å²) >= 11 is 0. The highest BCUT2D eigenvalue weighted by molar-refractivity contribution is 5.81. The summed E-state index contributed by atoms with van der Waals surface area (Å²) in [6, 6.07) is 19.3. The third kappa shape index (κ3) is 3.54. The van der Waals surface area contributed by atoms with E-state index >= 15 is 0 Å². The van der Waals surface area contributed by atoms with Crippen molar-refractivity contribution in [3.8, 4) is 0 Å². The van der Waals surface area contributed by atoms with Crippen LogP contribution in [0.4, 0.5) is 0 Å². The van der Waals surface area contributed by atoms with E-state index in [2.05, 4.69) is 45.9 Å². The van der Waals surface area contributed by atoms with Crippen LogP contribution >= 0.6 is 0 Å². The molecule has 1 saturated carbocycles. The number of ether oxygens (including phenoxy) is 1. The van der Waals surface area contributed by atoms with Crippen LogP contribution in [0.5, 0.6) is 0 Å². The summed E-state index contributed by atoms with van der Waals surface area (Å²) in [5.74, 6) is 1.78. The summed E-state index contributed by atoms with van der Waals surface area (Å²) in [4.78, 5) is 22.8. The van der Waals surface area contributed by atoms with Crippen molar-refractivity contribution in [1.82, 2.24) is 19.4 Å². The van der Waals surface area contributed by atoms with E-state index in [1.807, 2.05) is 23.1 Å². The number of amides is 1. The number of hydrogen-bond acceptors (Lipinski definition) is 4. The summed E-state index contributed by atoms with van der Waals surface area (Å²) in [6.45, 7) is 4.17. The summed E-state index contributed by atoms with van der Waals surface area (Å²) in [6.07, 6.45) is 2.35. The predicted molar refractivity (Wildman–Crippen MR) is 119 cm³/mol. The number of benzene rings is 2. The fourth-order valence-corrected chi connectivity index (χ4v) is 5.18. The molecule has 3 fully saturated rings. The molecular formula is C25H28N4O2. The summed E-state index contributed by atoms with van der Waals surface area (Å²) in [5, 5.41) is 0. The molecule has 0 spiro atoms. The van der Waals surface area contributed by atoms with Crippen LogP contribution in [0, 0.1) is 0 Å². The standard InChI is InChI=1S/C25H28N4O2/c30-24(15-29-22-9-5-4-8-21(22)26-25(29)19-10-11-19)27-12-13-28-20(14-27)16-31-17-23(28)18-6-2-1-3-7-18/h1-9,19-20,23H,10-17H2/t20-,23-/m1/s1. The Morgan fingerprint density at radius 2 is 1.81 bits per heavy atom. The van der Waals surface area contributed by atoms with E-state index < -0.39 is 0 Å². The number of nitrogens with zero attached hydrogens (tertiary/aromatic N) is 4. The van der Waals surface area contributed by atoms with Gasteiger partial charge in [-0.15, -0.1) is 0 Å². The number of imidazole rings is 1. The lowest BCUT2D eigenvalue weighted by Gasteiger charge is -2.48. The Bertz CT molecular complexity index is 1090. The van der Waals surface area contributed by atoms with Crippen molar-refractivity contribution in [2.75, 3.05) is 32.8 Å². The molecule has 1 amide bonds. The Labute approximate surface area is 182 Å². The zero-order valence-corrected chi connectivity index (χ0v) is 17.7. The van der Waals surface area contributed by atoms with Gasteiger partial charge < -0.3 is 14.2 Å². The number of morpholine rings is 1. The Hall–Kier alpha value is -2.70. The van der Waals surface area contributed by atoms with E-state index in [0.717, 1.165) is 43.1 Å². The molecule has 6 rings (SSSR count). The first kappa shape index (κ1) is 19.0. The highest BCUT2D eigenvalue weighted by Gasteiger charge is 2.38. The molecule has 160 valence electrons. The first-order valence-electron chi connectivity index (χ1n) is 11.4. The van der Waals surface area contributed by atoms with Gasteiger partial charge in [-0.25, -0.2) is 4.98 Å². The quantitative estimate of drug-likeness (QED) is 0.656. The minimum Gasteiger partial charge on any atom is -0.378 e. The number of carbonyl (C=O) groups excluding carboxylic acids is 1. The van der Waals surface area contributed by atoms with Crippen LogP contribution in [0.1, 0.15) is 36.2 Å². The Morgan fingerprint density at radius 3 is 2.65 bits per heavy atom. The van der Waals surface area contributed by atoms with Crippen molar-refractivity contribution in [3.05, 3.63) is 66.0 Å². The molecule has 1 aromatic heterocycles. The minimum atomic E-state index is 0.187. The lowest BCUT2D eigenvalue weighted by atomic mass is 10.00. The van der Waals surface area contributed by atoms with Crippen LogP contribution in [0.2, 0.25) is 0 Å². The maximum absolute atomic E-state index is 13.3. The largest absolute Gasteiger partial charge is 0.378 e. The van der Waals surface area contributed by atoms with Gasteiger partial charge in [0.2, 0.25) is 5.91 Å². The molecule has 0 unspecified atom stereocenters. The SMILES string of the molecule is O=C(Cn1c(C2CC2)nc2ccccc21)N1CCN2[C@@H](COC[C@@H]2c2ccccc2)C1. The van der Waals surface area contributed by atoms with Crippen molar-refractivity contribution in [3.63, 3.8) is 0 Å². The molecule has 3 aliphatic rings. The Morgan fingerprint density at radius 1 is 1.00 bits per heavy atom. The highest BCUT2D eigenvalue weighted by Crippen LogP contribution is 2.40. The molecule has 1 aliphatic carbocycles. The fraction of sp³-hybridized carbons (Fsp3) is 0.440. The van der Waals surface area contributed by atoms with Gasteiger partial charge >= 0.3 is 0 Å². The van der Waals surface area contributed by atoms with Gasteiger partial charge in [-0.2, -0.15) is 0 Å². The predicted octanol–water partition coefficient (Wildman–Crippen LogP) is 3.20. The van der Waals surface area contributed by atoms with Crippen LogP contribution in [-0.4, -0.2) is 64.1 Å². The summed E-state index contributed by atoms with van der Waals surface area (Å²) < 4.78 is 8.12. The van der Waals surface area contributed by atoms with Gasteiger partial charge in [0.1, 0.15) is 12.4 Å². The van der Waals surface area contributed by atoms with E-state index in [-0.39, 0.29) is 18.0 Å². The van der Waals surface area contributed by atoms with Crippen LogP contribution in [0.3, 0.4) is 0 Å². The van der Waals surface area contributed by atoms with E-state index in [4.69, 9.17) is 9.72 Å². The van der Waals surface area contributed by atoms with Crippen LogP contribution in [0.15, 0.2) is 54.6 Å². The molecule has 2 aliphatic heterocycles. The highest BCUT2D eigenvalue weighted by atomic mass is 16.5. The molecule has 2 aromatic carbocycles. The molecule has 3 aromatic rings. The average Bonchev–Trinajstić information content (AvgIpc) is 3.61. The monoisotopic (exact) mass is 416 g/mol. The fourth-order valence-electron chi connectivity index (χ4n) is 5.18. The Balaban J connectivity index is 1.19. The number of para-hydroxylation sites is 2. The first-order valence-corrected chi connectivity index (χ1v) is 11.4. The van der Waals surface area contributed by atoms with E-state index in [9.17, 15) is 4.79 Å². The van der Waals surface area contributed by atoms with Gasteiger partial charge in [0.25, 0.3) is 0 Å². The summed E-state index contributed by atoms with van der Waals surface area (Å²) in [7, 11) is 0. The lowest BCUT2D eigenvalue weighted by Crippen LogP contribution is -2.60. The van der Waals surface area contributed by atoms with Gasteiger partial charge in [0, 0.05) is 25.6 Å². The number of aromatic nitrogens is 2. The second-order valence-electron chi connectivity index (χ2n) is 9.01. The second-order valence-corrected chi connectivity index (χ2v) is 9.01. The normalized spacial score (nSPS) is 24.3. The molecule has 6 heteroatoms. The molecular weight excluding hydrogens is 388 g/mol. The minimum absolute atomic E-state index is 0.187. The van der Waals surface area contributed by atoms with Gasteiger partial charge in [0.15, 0.2) is 0 Å². The smallest absolute Gasteiger partial charge is 0.242 e. The Kier molecular flexibility index (Phi) is 4.77. The molecule has 31 heavy (non-hydrogen) atoms. The van der Waals surface area contributed by atoms with E-state index in [1.165, 1.54) is 18.4 Å². The van der Waals surface area contributed by atoms with Crippen molar-refractivity contribution in [1.29, 1.82) is 0 Å². The van der Waals surface area contributed by atoms with Crippen molar-refractivity contribution in [2.45, 2.75) is 37.4 Å². The molecule has 2 saturated heterocycles. The van der Waals surface area contributed by atoms with E-state index in [0.29, 0.717) is 19.1 Å². The van der Waals surface area contributed by atoms with Crippen LogP contribution in [0.25, 0.3) is 11.0 Å². The topological polar surface area (TPSA) is 50.6 Å². The molecule has 2 atom stereocenters. The van der Waals surface area contributed by atoms with Crippen LogP contribution in [-0.2, 0) is 16.1 Å². The number of fused-ring (bicyclic) bond motifs is 2. The molecule has 0 radical (unpaired) electrons. The molecule has 0 bridgehead atoms. The van der Waals surface area contributed by atoms with Gasteiger partial charge in [-0.05, 0) is 30.5 Å². The van der Waals surface area contributed by atoms with Gasteiger partial charge in [-0.1, -0.05) is 42.5 Å². The third-order valence-electron chi connectivity index (χ3n) is 6.97. The molecule has 0 N–H and O–H groups in total. The molecule has 6 nitrogen and oxygen atoms in total. The maximum atomic E-state index is 13.3.